The van der Waals surface area contributed by atoms with Crippen LogP contribution in [0.25, 0.3) is 0 Å². The third-order valence-corrected chi connectivity index (χ3v) is 4.14. The van der Waals surface area contributed by atoms with Gasteiger partial charge in [-0.1, -0.05) is 52.9 Å². The van der Waals surface area contributed by atoms with Crippen molar-refractivity contribution in [2.75, 3.05) is 6.54 Å². The molecule has 0 fully saturated rings. The molecular formula is C18H28IN3O2. The van der Waals surface area contributed by atoms with Gasteiger partial charge in [0.25, 0.3) is 0 Å². The smallest absolute Gasteiger partial charge is 0.238 e. The van der Waals surface area contributed by atoms with E-state index in [0.717, 1.165) is 18.4 Å². The summed E-state index contributed by atoms with van der Waals surface area (Å²) in [7, 11) is 0. The molecule has 0 saturated carbocycles. The van der Waals surface area contributed by atoms with E-state index in [-0.39, 0.29) is 21.8 Å². The Labute approximate surface area is 158 Å². The largest absolute Gasteiger partial charge is 0.345 e. The van der Waals surface area contributed by atoms with Crippen molar-refractivity contribution in [1.29, 1.82) is 0 Å². The van der Waals surface area contributed by atoms with E-state index in [1.807, 2.05) is 37.3 Å². The van der Waals surface area contributed by atoms with Gasteiger partial charge in [-0.25, -0.2) is 0 Å². The standard InChI is InChI=1S/C18H28IN3O2/c1-13(23)16(10-6-7-11-20)22-18(24)17(21-14(2)19)12-15-8-4-3-5-9-15/h3-5,8-9,14,16-17,21H,6-7,10-12,20H2,1-2H3,(H,22,24)/t14?,16-,17-/m0/s1. The fourth-order valence-corrected chi connectivity index (χ4v) is 2.93. The minimum absolute atomic E-state index is 0.0126. The Morgan fingerprint density at radius 2 is 1.83 bits per heavy atom. The second kappa shape index (κ2) is 11.5. The molecule has 4 N–H and O–H groups in total. The second-order valence-electron chi connectivity index (χ2n) is 5.98. The van der Waals surface area contributed by atoms with Crippen LogP contribution in [0.1, 0.15) is 38.7 Å². The quantitative estimate of drug-likeness (QED) is 0.211. The van der Waals surface area contributed by atoms with Gasteiger partial charge in [-0.3, -0.25) is 14.9 Å². The lowest BCUT2D eigenvalue weighted by Gasteiger charge is -2.23. The Hall–Kier alpha value is -0.990. The van der Waals surface area contributed by atoms with Crippen molar-refractivity contribution in [2.45, 2.75) is 55.7 Å². The number of alkyl halides is 1. The SMILES string of the molecule is CC(=O)[C@H](CCCCN)NC(=O)[C@H](Cc1ccccc1)NC(C)I. The third-order valence-electron chi connectivity index (χ3n) is 3.78. The molecule has 1 aromatic rings. The number of carbonyl (C=O) groups excluding carboxylic acids is 2. The molecule has 1 aromatic carbocycles. The normalized spacial score (nSPS) is 14.7. The van der Waals surface area contributed by atoms with E-state index in [9.17, 15) is 9.59 Å². The Kier molecular flexibility index (Phi) is 10.1. The van der Waals surface area contributed by atoms with E-state index in [1.165, 1.54) is 6.92 Å². The van der Waals surface area contributed by atoms with Crippen LogP contribution in [0.2, 0.25) is 0 Å². The summed E-state index contributed by atoms with van der Waals surface area (Å²) in [5.74, 6) is -0.142. The molecule has 0 aliphatic rings. The molecule has 1 rings (SSSR count). The summed E-state index contributed by atoms with van der Waals surface area (Å²) >= 11 is 2.24. The van der Waals surface area contributed by atoms with Crippen LogP contribution in [0, 0.1) is 0 Å². The van der Waals surface area contributed by atoms with Gasteiger partial charge in [0.2, 0.25) is 5.91 Å². The summed E-state index contributed by atoms with van der Waals surface area (Å²) in [6, 6.07) is 9.08. The third kappa shape index (κ3) is 8.21. The lowest BCUT2D eigenvalue weighted by molar-refractivity contribution is -0.128. The van der Waals surface area contributed by atoms with Crippen molar-refractivity contribution in [3.05, 3.63) is 35.9 Å². The zero-order chi connectivity index (χ0) is 17.9. The number of unbranched alkanes of at least 4 members (excludes halogenated alkanes) is 1. The molecule has 0 aliphatic heterocycles. The number of benzene rings is 1. The summed E-state index contributed by atoms with van der Waals surface area (Å²) in [6.07, 6.45) is 2.92. The molecule has 3 atom stereocenters. The number of halogens is 1. The molecule has 5 nitrogen and oxygen atoms in total. The first kappa shape index (κ1) is 21.1. The minimum Gasteiger partial charge on any atom is -0.345 e. The molecule has 0 spiro atoms. The maximum atomic E-state index is 12.7. The highest BCUT2D eigenvalue weighted by Gasteiger charge is 2.24. The van der Waals surface area contributed by atoms with Crippen LogP contribution in [-0.4, -0.2) is 34.4 Å². The van der Waals surface area contributed by atoms with Crippen molar-refractivity contribution in [2.24, 2.45) is 5.73 Å². The number of hydrogen-bond acceptors (Lipinski definition) is 4. The van der Waals surface area contributed by atoms with Crippen molar-refractivity contribution >= 4 is 34.3 Å². The van der Waals surface area contributed by atoms with Gasteiger partial charge in [-0.2, -0.15) is 0 Å². The highest BCUT2D eigenvalue weighted by Crippen LogP contribution is 2.08. The van der Waals surface area contributed by atoms with Gasteiger partial charge in [0.15, 0.2) is 5.78 Å². The van der Waals surface area contributed by atoms with Crippen LogP contribution in [0.4, 0.5) is 0 Å². The molecule has 0 radical (unpaired) electrons. The summed E-state index contributed by atoms with van der Waals surface area (Å²) in [5, 5.41) is 6.19. The molecule has 0 bridgehead atoms. The number of amides is 1. The van der Waals surface area contributed by atoms with Crippen LogP contribution in [0.3, 0.4) is 0 Å². The first-order valence-electron chi connectivity index (χ1n) is 8.39. The van der Waals surface area contributed by atoms with E-state index < -0.39 is 6.04 Å². The molecule has 1 amide bonds. The molecule has 0 aromatic heterocycles. The van der Waals surface area contributed by atoms with Crippen molar-refractivity contribution in [3.63, 3.8) is 0 Å². The molecule has 0 aliphatic carbocycles. The van der Waals surface area contributed by atoms with E-state index in [1.54, 1.807) is 0 Å². The molecule has 134 valence electrons. The zero-order valence-electron chi connectivity index (χ0n) is 14.4. The number of ketones is 1. The second-order valence-corrected chi connectivity index (χ2v) is 7.85. The monoisotopic (exact) mass is 445 g/mol. The Bertz CT molecular complexity index is 508. The highest BCUT2D eigenvalue weighted by atomic mass is 127. The molecule has 0 heterocycles. The molecule has 1 unspecified atom stereocenters. The summed E-state index contributed by atoms with van der Waals surface area (Å²) in [4.78, 5) is 24.5. The van der Waals surface area contributed by atoms with E-state index in [4.69, 9.17) is 5.73 Å². The van der Waals surface area contributed by atoms with Gasteiger partial charge in [-0.15, -0.1) is 0 Å². The lowest BCUT2D eigenvalue weighted by Crippen LogP contribution is -2.51. The summed E-state index contributed by atoms with van der Waals surface area (Å²) in [6.45, 7) is 4.12. The average Bonchev–Trinajstić information content (AvgIpc) is 2.53. The molecule has 0 saturated heterocycles. The Morgan fingerprint density at radius 3 is 2.38 bits per heavy atom. The van der Waals surface area contributed by atoms with E-state index in [0.29, 0.717) is 19.4 Å². The number of carbonyl (C=O) groups is 2. The summed E-state index contributed by atoms with van der Waals surface area (Å²) < 4.78 is 0.148. The Balaban J connectivity index is 2.72. The maximum Gasteiger partial charge on any atom is 0.238 e. The summed E-state index contributed by atoms with van der Waals surface area (Å²) in [5.41, 5.74) is 6.59. The maximum absolute atomic E-state index is 12.7. The van der Waals surface area contributed by atoms with Crippen LogP contribution in [-0.2, 0) is 16.0 Å². The van der Waals surface area contributed by atoms with Crippen molar-refractivity contribution < 1.29 is 9.59 Å². The fraction of sp³-hybridized carbons (Fsp3) is 0.556. The fourth-order valence-electron chi connectivity index (χ4n) is 2.50. The lowest BCUT2D eigenvalue weighted by atomic mass is 10.0. The number of Topliss-reactive ketones (excluding diaryl/α,β-unsaturated/α-hetero) is 1. The van der Waals surface area contributed by atoms with Crippen LogP contribution >= 0.6 is 22.6 Å². The molecule has 24 heavy (non-hydrogen) atoms. The van der Waals surface area contributed by atoms with Crippen molar-refractivity contribution in [3.8, 4) is 0 Å². The number of rotatable bonds is 11. The molecular weight excluding hydrogens is 417 g/mol. The van der Waals surface area contributed by atoms with E-state index >= 15 is 0 Å². The first-order chi connectivity index (χ1) is 11.4. The van der Waals surface area contributed by atoms with Crippen LogP contribution < -0.4 is 16.4 Å². The van der Waals surface area contributed by atoms with Gasteiger partial charge < -0.3 is 11.1 Å². The highest BCUT2D eigenvalue weighted by molar-refractivity contribution is 14.1. The van der Waals surface area contributed by atoms with Gasteiger partial charge in [0.05, 0.1) is 16.1 Å². The number of nitrogens with two attached hydrogens (primary N) is 1. The number of nitrogens with one attached hydrogen (secondary N) is 2. The van der Waals surface area contributed by atoms with Crippen LogP contribution in [0.5, 0.6) is 0 Å². The first-order valence-corrected chi connectivity index (χ1v) is 9.63. The topological polar surface area (TPSA) is 84.2 Å². The van der Waals surface area contributed by atoms with Gasteiger partial charge in [0, 0.05) is 0 Å². The van der Waals surface area contributed by atoms with E-state index in [2.05, 4.69) is 33.2 Å². The predicted molar refractivity (Wildman–Crippen MR) is 106 cm³/mol. The van der Waals surface area contributed by atoms with Gasteiger partial charge in [-0.05, 0) is 51.6 Å². The van der Waals surface area contributed by atoms with Crippen LogP contribution in [0.15, 0.2) is 30.3 Å². The van der Waals surface area contributed by atoms with Gasteiger partial charge >= 0.3 is 0 Å². The predicted octanol–water partition coefficient (Wildman–Crippen LogP) is 2.17. The number of hydrogen-bond donors (Lipinski definition) is 3. The Morgan fingerprint density at radius 1 is 1.17 bits per heavy atom. The average molecular weight is 445 g/mol. The van der Waals surface area contributed by atoms with Crippen molar-refractivity contribution in [1.82, 2.24) is 10.6 Å². The zero-order valence-corrected chi connectivity index (χ0v) is 16.6. The van der Waals surface area contributed by atoms with Gasteiger partial charge in [0.1, 0.15) is 0 Å². The minimum atomic E-state index is -0.436. The molecule has 6 heteroatoms.